The molecule has 0 radical (unpaired) electrons. The Hall–Kier alpha value is -1.51. The summed E-state index contributed by atoms with van der Waals surface area (Å²) in [4.78, 5) is 12.9. The largest absolute Gasteiger partial charge is 0.493 e. The topological polar surface area (TPSA) is 35.5 Å². The van der Waals surface area contributed by atoms with Gasteiger partial charge in [0.1, 0.15) is 5.75 Å². The lowest BCUT2D eigenvalue weighted by Gasteiger charge is -2.19. The van der Waals surface area contributed by atoms with E-state index in [1.807, 2.05) is 12.1 Å². The number of unbranched alkanes of at least 4 members (excludes halogenated alkanes) is 8. The molecule has 0 aliphatic heterocycles. The lowest BCUT2D eigenvalue weighted by molar-refractivity contribution is 0.0496. The molecule has 0 saturated heterocycles. The Morgan fingerprint density at radius 3 is 1.80 bits per heavy atom. The molecule has 172 valence electrons. The van der Waals surface area contributed by atoms with Crippen LogP contribution in [0.2, 0.25) is 0 Å². The minimum atomic E-state index is -0.160. The van der Waals surface area contributed by atoms with Gasteiger partial charge in [-0.25, -0.2) is 4.79 Å². The minimum Gasteiger partial charge on any atom is -0.493 e. The van der Waals surface area contributed by atoms with E-state index in [2.05, 4.69) is 27.7 Å². The summed E-state index contributed by atoms with van der Waals surface area (Å²) >= 11 is 0. The van der Waals surface area contributed by atoms with E-state index in [9.17, 15) is 4.79 Å². The van der Waals surface area contributed by atoms with Gasteiger partial charge in [-0.05, 0) is 61.8 Å². The van der Waals surface area contributed by atoms with Gasteiger partial charge in [0, 0.05) is 0 Å². The number of hydrogen-bond acceptors (Lipinski definition) is 3. The van der Waals surface area contributed by atoms with Crippen LogP contribution < -0.4 is 4.74 Å². The van der Waals surface area contributed by atoms with E-state index in [4.69, 9.17) is 9.47 Å². The van der Waals surface area contributed by atoms with Crippen molar-refractivity contribution in [2.45, 2.75) is 118 Å². The van der Waals surface area contributed by atoms with Crippen molar-refractivity contribution in [1.29, 1.82) is 0 Å². The fourth-order valence-electron chi connectivity index (χ4n) is 3.79. The molecule has 0 heterocycles. The Kier molecular flexibility index (Phi) is 15.2. The summed E-state index contributed by atoms with van der Waals surface area (Å²) in [5, 5.41) is 0. The third-order valence-corrected chi connectivity index (χ3v) is 5.66. The zero-order valence-corrected chi connectivity index (χ0v) is 20.2. The predicted octanol–water partition coefficient (Wildman–Crippen LogP) is 8.07. The lowest BCUT2D eigenvalue weighted by Crippen LogP contribution is -2.13. The molecule has 0 spiro atoms. The summed E-state index contributed by atoms with van der Waals surface area (Å²) < 4.78 is 11.8. The van der Waals surface area contributed by atoms with Gasteiger partial charge in [-0.1, -0.05) is 79.1 Å². The fraction of sp³-hybridized carbons (Fsp3) is 0.741. The molecule has 0 N–H and O–H groups in total. The van der Waals surface area contributed by atoms with Gasteiger partial charge < -0.3 is 9.47 Å². The van der Waals surface area contributed by atoms with Crippen LogP contribution in [0.3, 0.4) is 0 Å². The second-order valence-corrected chi connectivity index (χ2v) is 8.38. The van der Waals surface area contributed by atoms with Gasteiger partial charge in [0.05, 0.1) is 18.8 Å². The SMILES string of the molecule is CCCCCOC(=O)c1ccc(OCCCCC)c(CCCCC)c1CCCCC. The predicted molar refractivity (Wildman–Crippen MR) is 128 cm³/mol. The molecule has 30 heavy (non-hydrogen) atoms. The first-order valence-corrected chi connectivity index (χ1v) is 12.6. The zero-order chi connectivity index (χ0) is 22.0. The molecule has 0 atom stereocenters. The molecule has 0 aromatic heterocycles. The van der Waals surface area contributed by atoms with Crippen molar-refractivity contribution in [2.75, 3.05) is 13.2 Å². The van der Waals surface area contributed by atoms with Crippen LogP contribution in [0.4, 0.5) is 0 Å². The van der Waals surface area contributed by atoms with Gasteiger partial charge in [-0.3, -0.25) is 0 Å². The number of benzene rings is 1. The molecule has 3 heteroatoms. The quantitative estimate of drug-likeness (QED) is 0.179. The van der Waals surface area contributed by atoms with E-state index in [-0.39, 0.29) is 5.97 Å². The van der Waals surface area contributed by atoms with E-state index in [0.717, 1.165) is 69.3 Å². The smallest absolute Gasteiger partial charge is 0.338 e. The van der Waals surface area contributed by atoms with Crippen molar-refractivity contribution < 1.29 is 14.3 Å². The Bertz CT molecular complexity index is 580. The minimum absolute atomic E-state index is 0.160. The first kappa shape index (κ1) is 26.5. The number of hydrogen-bond donors (Lipinski definition) is 0. The van der Waals surface area contributed by atoms with Crippen LogP contribution in [-0.2, 0) is 17.6 Å². The number of rotatable bonds is 18. The number of carbonyl (C=O) groups is 1. The van der Waals surface area contributed by atoms with Gasteiger partial charge in [-0.15, -0.1) is 0 Å². The molecule has 1 rings (SSSR count). The van der Waals surface area contributed by atoms with Crippen molar-refractivity contribution in [3.63, 3.8) is 0 Å². The Balaban J connectivity index is 3.10. The normalized spacial score (nSPS) is 10.9. The maximum absolute atomic E-state index is 12.9. The summed E-state index contributed by atoms with van der Waals surface area (Å²) in [7, 11) is 0. The highest BCUT2D eigenvalue weighted by molar-refractivity contribution is 5.92. The van der Waals surface area contributed by atoms with Crippen LogP contribution in [0.1, 0.15) is 126 Å². The highest BCUT2D eigenvalue weighted by Gasteiger charge is 2.20. The van der Waals surface area contributed by atoms with E-state index in [1.54, 1.807) is 0 Å². The van der Waals surface area contributed by atoms with Crippen molar-refractivity contribution in [3.8, 4) is 5.75 Å². The van der Waals surface area contributed by atoms with Crippen molar-refractivity contribution in [1.82, 2.24) is 0 Å². The summed E-state index contributed by atoms with van der Waals surface area (Å²) in [5.74, 6) is 0.822. The maximum Gasteiger partial charge on any atom is 0.338 e. The molecule has 0 bridgehead atoms. The third kappa shape index (κ3) is 10.00. The first-order valence-electron chi connectivity index (χ1n) is 12.6. The van der Waals surface area contributed by atoms with Crippen LogP contribution >= 0.6 is 0 Å². The van der Waals surface area contributed by atoms with Gasteiger partial charge >= 0.3 is 5.97 Å². The van der Waals surface area contributed by atoms with Crippen LogP contribution in [0.25, 0.3) is 0 Å². The molecule has 1 aromatic rings. The van der Waals surface area contributed by atoms with E-state index < -0.39 is 0 Å². The monoisotopic (exact) mass is 418 g/mol. The molecule has 0 amide bonds. The third-order valence-electron chi connectivity index (χ3n) is 5.66. The fourth-order valence-corrected chi connectivity index (χ4v) is 3.79. The molecule has 0 saturated carbocycles. The molecular formula is C27H46O3. The number of esters is 1. The Morgan fingerprint density at radius 2 is 1.20 bits per heavy atom. The first-order chi connectivity index (χ1) is 14.7. The summed E-state index contributed by atoms with van der Waals surface area (Å²) in [6, 6.07) is 3.96. The van der Waals surface area contributed by atoms with Crippen LogP contribution in [0.5, 0.6) is 5.75 Å². The maximum atomic E-state index is 12.9. The summed E-state index contributed by atoms with van der Waals surface area (Å²) in [6.45, 7) is 10.1. The average Bonchev–Trinajstić information content (AvgIpc) is 2.75. The molecule has 3 nitrogen and oxygen atoms in total. The standard InChI is InChI=1S/C27H46O3/c1-5-9-13-17-23-24(18-14-10-6-2)26(29-21-15-11-7-3)20-19-25(23)27(28)30-22-16-12-8-4/h19-20H,5-18,21-22H2,1-4H3. The van der Waals surface area contributed by atoms with Gasteiger partial charge in [0.15, 0.2) is 0 Å². The molecule has 0 unspecified atom stereocenters. The van der Waals surface area contributed by atoms with Crippen molar-refractivity contribution in [3.05, 3.63) is 28.8 Å². The molecule has 0 aliphatic carbocycles. The highest BCUT2D eigenvalue weighted by atomic mass is 16.5. The van der Waals surface area contributed by atoms with Crippen LogP contribution in [0.15, 0.2) is 12.1 Å². The van der Waals surface area contributed by atoms with E-state index in [0.29, 0.717) is 6.61 Å². The Labute approximate surface area is 185 Å². The molecule has 0 fully saturated rings. The molecular weight excluding hydrogens is 372 g/mol. The van der Waals surface area contributed by atoms with Crippen LogP contribution in [-0.4, -0.2) is 19.2 Å². The van der Waals surface area contributed by atoms with E-state index in [1.165, 1.54) is 49.7 Å². The summed E-state index contributed by atoms with van der Waals surface area (Å²) in [5.41, 5.74) is 3.18. The molecule has 1 aromatic carbocycles. The summed E-state index contributed by atoms with van der Waals surface area (Å²) in [6.07, 6.45) is 15.5. The van der Waals surface area contributed by atoms with Gasteiger partial charge in [0.2, 0.25) is 0 Å². The van der Waals surface area contributed by atoms with Crippen molar-refractivity contribution in [2.24, 2.45) is 0 Å². The van der Waals surface area contributed by atoms with E-state index >= 15 is 0 Å². The zero-order valence-electron chi connectivity index (χ0n) is 20.2. The average molecular weight is 419 g/mol. The highest BCUT2D eigenvalue weighted by Crippen LogP contribution is 2.30. The molecule has 0 aliphatic rings. The number of ether oxygens (including phenoxy) is 2. The van der Waals surface area contributed by atoms with Crippen LogP contribution in [0, 0.1) is 0 Å². The lowest BCUT2D eigenvalue weighted by atomic mass is 9.92. The van der Waals surface area contributed by atoms with Crippen molar-refractivity contribution >= 4 is 5.97 Å². The second kappa shape index (κ2) is 17.2. The van der Waals surface area contributed by atoms with Gasteiger partial charge in [-0.2, -0.15) is 0 Å². The second-order valence-electron chi connectivity index (χ2n) is 8.38. The Morgan fingerprint density at radius 1 is 0.667 bits per heavy atom. The number of carbonyl (C=O) groups excluding carboxylic acids is 1. The van der Waals surface area contributed by atoms with Gasteiger partial charge in [0.25, 0.3) is 0 Å².